The van der Waals surface area contributed by atoms with E-state index in [9.17, 15) is 4.39 Å². The zero-order chi connectivity index (χ0) is 14.2. The number of nitrogens with zero attached hydrogens (tertiary/aromatic N) is 3. The van der Waals surface area contributed by atoms with E-state index >= 15 is 0 Å². The maximum absolute atomic E-state index is 13.0. The predicted molar refractivity (Wildman–Crippen MR) is 73.4 cm³/mol. The van der Waals surface area contributed by atoms with Crippen LogP contribution in [0.5, 0.6) is 0 Å². The van der Waals surface area contributed by atoms with Crippen molar-refractivity contribution in [2.45, 2.75) is 6.92 Å². The molecule has 0 atom stereocenters. The first-order valence-electron chi connectivity index (χ1n) is 5.79. The van der Waals surface area contributed by atoms with Crippen LogP contribution in [-0.2, 0) is 7.05 Å². The SMILES string of the molecule is Cc1nn(C)c(N(C)c2ccc(F)cc2)c1C(=N)N. The third-order valence-electron chi connectivity index (χ3n) is 2.99. The first-order valence-corrected chi connectivity index (χ1v) is 5.79. The highest BCUT2D eigenvalue weighted by Crippen LogP contribution is 2.28. The van der Waals surface area contributed by atoms with Gasteiger partial charge in [-0.25, -0.2) is 4.39 Å². The molecule has 2 rings (SSSR count). The second-order valence-corrected chi connectivity index (χ2v) is 4.36. The third-order valence-corrected chi connectivity index (χ3v) is 2.99. The molecule has 0 aliphatic heterocycles. The summed E-state index contributed by atoms with van der Waals surface area (Å²) in [7, 11) is 3.62. The van der Waals surface area contributed by atoms with Crippen LogP contribution in [-0.4, -0.2) is 22.7 Å². The molecule has 0 amide bonds. The first-order chi connectivity index (χ1) is 8.91. The van der Waals surface area contributed by atoms with Gasteiger partial charge in [-0.2, -0.15) is 5.10 Å². The summed E-state index contributed by atoms with van der Waals surface area (Å²) in [6, 6.07) is 6.12. The molecule has 0 fully saturated rings. The van der Waals surface area contributed by atoms with Gasteiger partial charge in [-0.1, -0.05) is 0 Å². The van der Waals surface area contributed by atoms with Crippen molar-refractivity contribution in [2.75, 3.05) is 11.9 Å². The molecule has 0 spiro atoms. The molecule has 1 aromatic carbocycles. The molecule has 0 radical (unpaired) electrons. The number of halogens is 1. The van der Waals surface area contributed by atoms with E-state index in [0.29, 0.717) is 17.1 Å². The van der Waals surface area contributed by atoms with Crippen molar-refractivity contribution in [3.8, 4) is 0 Å². The van der Waals surface area contributed by atoms with Gasteiger partial charge in [-0.3, -0.25) is 10.1 Å². The lowest BCUT2D eigenvalue weighted by molar-refractivity contribution is 0.628. The first kappa shape index (κ1) is 13.1. The average Bonchev–Trinajstić information content (AvgIpc) is 2.64. The molecule has 3 N–H and O–H groups in total. The van der Waals surface area contributed by atoms with E-state index in [1.165, 1.54) is 12.1 Å². The van der Waals surface area contributed by atoms with Crippen molar-refractivity contribution in [2.24, 2.45) is 12.8 Å². The van der Waals surface area contributed by atoms with E-state index in [2.05, 4.69) is 5.10 Å². The van der Waals surface area contributed by atoms with Crippen LogP contribution in [0.2, 0.25) is 0 Å². The van der Waals surface area contributed by atoms with E-state index < -0.39 is 0 Å². The van der Waals surface area contributed by atoms with Gasteiger partial charge in [0.05, 0.1) is 11.3 Å². The quantitative estimate of drug-likeness (QED) is 0.655. The summed E-state index contributed by atoms with van der Waals surface area (Å²) in [4.78, 5) is 1.83. The van der Waals surface area contributed by atoms with Gasteiger partial charge in [0.25, 0.3) is 0 Å². The molecule has 0 aliphatic carbocycles. The van der Waals surface area contributed by atoms with Crippen LogP contribution in [0.3, 0.4) is 0 Å². The fourth-order valence-corrected chi connectivity index (χ4v) is 2.13. The summed E-state index contributed by atoms with van der Waals surface area (Å²) in [6.07, 6.45) is 0. The van der Waals surface area contributed by atoms with E-state index in [1.807, 2.05) is 11.9 Å². The molecule has 100 valence electrons. The number of aromatic nitrogens is 2. The summed E-state index contributed by atoms with van der Waals surface area (Å²) in [5.74, 6) is 0.385. The normalized spacial score (nSPS) is 10.5. The smallest absolute Gasteiger partial charge is 0.142 e. The van der Waals surface area contributed by atoms with Crippen molar-refractivity contribution < 1.29 is 4.39 Å². The lowest BCUT2D eigenvalue weighted by Gasteiger charge is -2.20. The average molecular weight is 261 g/mol. The largest absolute Gasteiger partial charge is 0.384 e. The molecule has 0 saturated carbocycles. The van der Waals surface area contributed by atoms with Crippen LogP contribution >= 0.6 is 0 Å². The van der Waals surface area contributed by atoms with Gasteiger partial charge in [0, 0.05) is 19.8 Å². The molecule has 5 nitrogen and oxygen atoms in total. The van der Waals surface area contributed by atoms with E-state index in [0.717, 1.165) is 5.69 Å². The zero-order valence-corrected chi connectivity index (χ0v) is 11.1. The third kappa shape index (κ3) is 2.29. The minimum atomic E-state index is -0.287. The number of hydrogen-bond donors (Lipinski definition) is 2. The number of amidine groups is 1. The number of rotatable bonds is 3. The van der Waals surface area contributed by atoms with Gasteiger partial charge in [0.1, 0.15) is 17.5 Å². The fraction of sp³-hybridized carbons (Fsp3) is 0.231. The lowest BCUT2D eigenvalue weighted by Crippen LogP contribution is -2.20. The Hall–Kier alpha value is -2.37. The highest BCUT2D eigenvalue weighted by atomic mass is 19.1. The van der Waals surface area contributed by atoms with Crippen molar-refractivity contribution in [1.82, 2.24) is 9.78 Å². The standard InChI is InChI=1S/C13H16FN5/c1-8-11(12(15)16)13(19(3)17-8)18(2)10-6-4-9(14)5-7-10/h4-7H,1-3H3,(H3,15,16). The van der Waals surface area contributed by atoms with E-state index in [1.54, 1.807) is 30.8 Å². The van der Waals surface area contributed by atoms with Crippen LogP contribution in [0.15, 0.2) is 24.3 Å². The van der Waals surface area contributed by atoms with Crippen molar-refractivity contribution in [3.63, 3.8) is 0 Å². The van der Waals surface area contributed by atoms with Gasteiger partial charge >= 0.3 is 0 Å². The molecular formula is C13H16FN5. The monoisotopic (exact) mass is 261 g/mol. The molecule has 1 heterocycles. The number of nitrogen functional groups attached to an aromatic ring is 1. The number of anilines is 2. The fourth-order valence-electron chi connectivity index (χ4n) is 2.13. The summed E-state index contributed by atoms with van der Waals surface area (Å²) in [6.45, 7) is 1.80. The number of benzene rings is 1. The van der Waals surface area contributed by atoms with Crippen molar-refractivity contribution >= 4 is 17.3 Å². The molecular weight excluding hydrogens is 245 g/mol. The second kappa shape index (κ2) is 4.72. The highest BCUT2D eigenvalue weighted by molar-refractivity contribution is 6.01. The zero-order valence-electron chi connectivity index (χ0n) is 11.1. The Labute approximate surface area is 111 Å². The van der Waals surface area contributed by atoms with E-state index in [4.69, 9.17) is 11.1 Å². The number of hydrogen-bond acceptors (Lipinski definition) is 3. The van der Waals surface area contributed by atoms with Gasteiger partial charge in [0.15, 0.2) is 0 Å². The molecule has 19 heavy (non-hydrogen) atoms. The summed E-state index contributed by atoms with van der Waals surface area (Å²) in [5.41, 5.74) is 7.70. The Morgan fingerprint density at radius 3 is 2.47 bits per heavy atom. The summed E-state index contributed by atoms with van der Waals surface area (Å²) >= 11 is 0. The second-order valence-electron chi connectivity index (χ2n) is 4.36. The van der Waals surface area contributed by atoms with Crippen LogP contribution in [0.1, 0.15) is 11.3 Å². The Balaban J connectivity index is 2.52. The Bertz CT molecular complexity index is 615. The minimum absolute atomic E-state index is 0.0328. The van der Waals surface area contributed by atoms with Crippen LogP contribution in [0.4, 0.5) is 15.9 Å². The van der Waals surface area contributed by atoms with Crippen LogP contribution in [0, 0.1) is 18.2 Å². The number of aryl methyl sites for hydroxylation is 2. The summed E-state index contributed by atoms with van der Waals surface area (Å²) in [5, 5.41) is 11.9. The summed E-state index contributed by atoms with van der Waals surface area (Å²) < 4.78 is 14.6. The van der Waals surface area contributed by atoms with Crippen LogP contribution < -0.4 is 10.6 Å². The van der Waals surface area contributed by atoms with Crippen molar-refractivity contribution in [3.05, 3.63) is 41.3 Å². The maximum atomic E-state index is 13.0. The number of nitrogens with one attached hydrogen (secondary N) is 1. The Morgan fingerprint density at radius 1 is 1.37 bits per heavy atom. The van der Waals surface area contributed by atoms with E-state index in [-0.39, 0.29) is 11.7 Å². The molecule has 1 aromatic heterocycles. The Morgan fingerprint density at radius 2 is 1.95 bits per heavy atom. The van der Waals surface area contributed by atoms with Gasteiger partial charge < -0.3 is 10.6 Å². The highest BCUT2D eigenvalue weighted by Gasteiger charge is 2.19. The van der Waals surface area contributed by atoms with Gasteiger partial charge in [-0.15, -0.1) is 0 Å². The topological polar surface area (TPSA) is 70.9 Å². The van der Waals surface area contributed by atoms with Gasteiger partial charge in [-0.05, 0) is 31.2 Å². The Kier molecular flexibility index (Phi) is 3.25. The van der Waals surface area contributed by atoms with Crippen molar-refractivity contribution in [1.29, 1.82) is 5.41 Å². The van der Waals surface area contributed by atoms with Crippen LogP contribution in [0.25, 0.3) is 0 Å². The molecule has 0 bridgehead atoms. The van der Waals surface area contributed by atoms with Gasteiger partial charge in [0.2, 0.25) is 0 Å². The predicted octanol–water partition coefficient (Wildman–Crippen LogP) is 1.92. The number of nitrogens with two attached hydrogens (primary N) is 1. The molecule has 2 aromatic rings. The minimum Gasteiger partial charge on any atom is -0.384 e. The molecule has 0 unspecified atom stereocenters. The molecule has 0 saturated heterocycles. The lowest BCUT2D eigenvalue weighted by atomic mass is 10.2. The molecule has 6 heteroatoms. The maximum Gasteiger partial charge on any atom is 0.142 e. The molecule has 0 aliphatic rings.